The maximum absolute atomic E-state index is 13.0. The Balaban J connectivity index is 1.62. The molecule has 0 bridgehead atoms. The number of ether oxygens (including phenoxy) is 1. The van der Waals surface area contributed by atoms with Crippen molar-refractivity contribution in [1.29, 1.82) is 0 Å². The second kappa shape index (κ2) is 10.1. The molecular formula is C23H26N2O6S. The Morgan fingerprint density at radius 1 is 1.06 bits per heavy atom. The van der Waals surface area contributed by atoms with Gasteiger partial charge < -0.3 is 10.1 Å². The summed E-state index contributed by atoms with van der Waals surface area (Å²) in [4.78, 5) is 36.5. The van der Waals surface area contributed by atoms with Crippen molar-refractivity contribution in [1.82, 2.24) is 4.31 Å². The molecule has 1 N–H and O–H groups in total. The fourth-order valence-electron chi connectivity index (χ4n) is 3.41. The minimum atomic E-state index is -3.84. The number of carbonyl (C=O) groups is 3. The summed E-state index contributed by atoms with van der Waals surface area (Å²) in [5.74, 6) is -1.30. The number of sulfonamides is 1. The van der Waals surface area contributed by atoms with Crippen LogP contribution in [0, 0.1) is 6.92 Å². The highest BCUT2D eigenvalue weighted by molar-refractivity contribution is 7.89. The molecule has 2 aromatic carbocycles. The van der Waals surface area contributed by atoms with Crippen molar-refractivity contribution >= 4 is 33.4 Å². The third kappa shape index (κ3) is 5.41. The number of benzene rings is 2. The SMILES string of the molecule is CCC(=O)Nc1ccc(C(=O)COC(=O)[C@@H]2CCCN2S(=O)(=O)c2ccc(C)cc2)cc1. The molecule has 1 atom stereocenters. The van der Waals surface area contributed by atoms with E-state index in [0.29, 0.717) is 30.5 Å². The van der Waals surface area contributed by atoms with Crippen molar-refractivity contribution < 1.29 is 27.5 Å². The van der Waals surface area contributed by atoms with Crippen molar-refractivity contribution in [2.24, 2.45) is 0 Å². The Hall–Kier alpha value is -3.04. The number of amides is 1. The molecule has 0 aromatic heterocycles. The normalized spacial score (nSPS) is 16.5. The number of Topliss-reactive ketones (excluding diaryl/α,β-unsaturated/α-hetero) is 1. The van der Waals surface area contributed by atoms with Gasteiger partial charge in [0, 0.05) is 24.2 Å². The minimum absolute atomic E-state index is 0.120. The smallest absolute Gasteiger partial charge is 0.324 e. The molecule has 0 unspecified atom stereocenters. The average Bonchev–Trinajstić information content (AvgIpc) is 3.29. The Labute approximate surface area is 187 Å². The molecule has 32 heavy (non-hydrogen) atoms. The van der Waals surface area contributed by atoms with E-state index >= 15 is 0 Å². The number of anilines is 1. The van der Waals surface area contributed by atoms with Crippen LogP contribution < -0.4 is 5.32 Å². The number of ketones is 1. The standard InChI is InChI=1S/C23H26N2O6S/c1-3-22(27)24-18-10-8-17(9-11-18)21(26)15-31-23(28)20-5-4-14-25(20)32(29,30)19-12-6-16(2)7-13-19/h6-13,20H,3-5,14-15H2,1-2H3,(H,24,27)/t20-/m0/s1. The van der Waals surface area contributed by atoms with Gasteiger partial charge in [-0.2, -0.15) is 4.31 Å². The van der Waals surface area contributed by atoms with Gasteiger partial charge in [0.1, 0.15) is 6.04 Å². The molecule has 0 aliphatic carbocycles. The van der Waals surface area contributed by atoms with Crippen LogP contribution >= 0.6 is 0 Å². The fraction of sp³-hybridized carbons (Fsp3) is 0.348. The van der Waals surface area contributed by atoms with Crippen LogP contribution in [0.1, 0.15) is 42.1 Å². The molecule has 0 radical (unpaired) electrons. The van der Waals surface area contributed by atoms with E-state index in [1.54, 1.807) is 31.2 Å². The lowest BCUT2D eigenvalue weighted by Gasteiger charge is -2.22. The Morgan fingerprint density at radius 3 is 2.34 bits per heavy atom. The molecule has 8 nitrogen and oxygen atoms in total. The molecule has 1 aliphatic rings. The second-order valence-corrected chi connectivity index (χ2v) is 9.49. The molecule has 0 spiro atoms. The van der Waals surface area contributed by atoms with E-state index in [-0.39, 0.29) is 17.3 Å². The predicted molar refractivity (Wildman–Crippen MR) is 119 cm³/mol. The van der Waals surface area contributed by atoms with Crippen LogP contribution in [0.3, 0.4) is 0 Å². The summed E-state index contributed by atoms with van der Waals surface area (Å²) in [6.07, 6.45) is 1.21. The zero-order valence-electron chi connectivity index (χ0n) is 18.0. The summed E-state index contributed by atoms with van der Waals surface area (Å²) in [7, 11) is -3.84. The van der Waals surface area contributed by atoms with Gasteiger partial charge in [-0.15, -0.1) is 0 Å². The summed E-state index contributed by atoms with van der Waals surface area (Å²) in [6.45, 7) is 3.32. The van der Waals surface area contributed by atoms with Gasteiger partial charge in [-0.1, -0.05) is 24.6 Å². The van der Waals surface area contributed by atoms with Crippen molar-refractivity contribution in [3.63, 3.8) is 0 Å². The number of hydrogen-bond donors (Lipinski definition) is 1. The number of esters is 1. The number of aryl methyl sites for hydroxylation is 1. The summed E-state index contributed by atoms with van der Waals surface area (Å²) in [5.41, 5.74) is 1.82. The minimum Gasteiger partial charge on any atom is -0.456 e. The highest BCUT2D eigenvalue weighted by Gasteiger charge is 2.40. The second-order valence-electron chi connectivity index (χ2n) is 7.60. The first-order valence-corrected chi connectivity index (χ1v) is 11.8. The van der Waals surface area contributed by atoms with Crippen molar-refractivity contribution in [2.75, 3.05) is 18.5 Å². The van der Waals surface area contributed by atoms with Gasteiger partial charge >= 0.3 is 5.97 Å². The number of rotatable bonds is 8. The molecule has 2 aromatic rings. The monoisotopic (exact) mass is 458 g/mol. The average molecular weight is 459 g/mol. The highest BCUT2D eigenvalue weighted by atomic mass is 32.2. The molecule has 1 heterocycles. The Kier molecular flexibility index (Phi) is 7.42. The van der Waals surface area contributed by atoms with E-state index in [1.807, 2.05) is 6.92 Å². The van der Waals surface area contributed by atoms with E-state index in [2.05, 4.69) is 5.32 Å². The van der Waals surface area contributed by atoms with Crippen LogP contribution in [0.2, 0.25) is 0 Å². The quantitative estimate of drug-likeness (QED) is 0.481. The summed E-state index contributed by atoms with van der Waals surface area (Å²) in [5, 5.41) is 2.68. The molecule has 170 valence electrons. The zero-order valence-corrected chi connectivity index (χ0v) is 18.9. The van der Waals surface area contributed by atoms with Crippen LogP contribution in [-0.2, 0) is 24.3 Å². The van der Waals surface area contributed by atoms with Gasteiger partial charge in [0.25, 0.3) is 0 Å². The van der Waals surface area contributed by atoms with E-state index in [9.17, 15) is 22.8 Å². The van der Waals surface area contributed by atoms with E-state index in [4.69, 9.17) is 4.74 Å². The maximum atomic E-state index is 13.0. The van der Waals surface area contributed by atoms with Crippen LogP contribution in [0.5, 0.6) is 0 Å². The van der Waals surface area contributed by atoms with Gasteiger partial charge in [0.15, 0.2) is 12.4 Å². The zero-order chi connectivity index (χ0) is 23.3. The van der Waals surface area contributed by atoms with Crippen molar-refractivity contribution in [3.8, 4) is 0 Å². The van der Waals surface area contributed by atoms with Crippen LogP contribution in [0.25, 0.3) is 0 Å². The van der Waals surface area contributed by atoms with Gasteiger partial charge in [-0.25, -0.2) is 8.42 Å². The number of carbonyl (C=O) groups excluding carboxylic acids is 3. The van der Waals surface area contributed by atoms with Gasteiger partial charge in [0.2, 0.25) is 15.9 Å². The molecular weight excluding hydrogens is 432 g/mol. The molecule has 1 fully saturated rings. The Bertz CT molecular complexity index is 1090. The maximum Gasteiger partial charge on any atom is 0.324 e. The van der Waals surface area contributed by atoms with E-state index < -0.39 is 34.4 Å². The summed E-state index contributed by atoms with van der Waals surface area (Å²) in [6, 6.07) is 11.7. The van der Waals surface area contributed by atoms with E-state index in [1.165, 1.54) is 24.3 Å². The van der Waals surface area contributed by atoms with Crippen LogP contribution in [-0.4, -0.2) is 49.6 Å². The topological polar surface area (TPSA) is 110 Å². The highest BCUT2D eigenvalue weighted by Crippen LogP contribution is 2.27. The summed E-state index contributed by atoms with van der Waals surface area (Å²) < 4.78 is 32.3. The molecule has 1 aliphatic heterocycles. The summed E-state index contributed by atoms with van der Waals surface area (Å²) >= 11 is 0. The third-order valence-electron chi connectivity index (χ3n) is 5.26. The first-order valence-electron chi connectivity index (χ1n) is 10.4. The van der Waals surface area contributed by atoms with Gasteiger partial charge in [-0.3, -0.25) is 14.4 Å². The first kappa shape index (κ1) is 23.6. The molecule has 3 rings (SSSR count). The molecule has 9 heteroatoms. The lowest BCUT2D eigenvalue weighted by Crippen LogP contribution is -2.41. The number of nitrogens with one attached hydrogen (secondary N) is 1. The van der Waals surface area contributed by atoms with E-state index in [0.717, 1.165) is 9.87 Å². The van der Waals surface area contributed by atoms with Crippen molar-refractivity contribution in [2.45, 2.75) is 44.0 Å². The lowest BCUT2D eigenvalue weighted by atomic mass is 10.1. The number of nitrogens with zero attached hydrogens (tertiary/aromatic N) is 1. The predicted octanol–water partition coefficient (Wildman–Crippen LogP) is 2.92. The number of hydrogen-bond acceptors (Lipinski definition) is 6. The lowest BCUT2D eigenvalue weighted by molar-refractivity contribution is -0.146. The fourth-order valence-corrected chi connectivity index (χ4v) is 5.06. The van der Waals surface area contributed by atoms with Crippen LogP contribution in [0.4, 0.5) is 5.69 Å². The molecule has 0 saturated carbocycles. The molecule has 1 saturated heterocycles. The molecule has 1 amide bonds. The van der Waals surface area contributed by atoms with Crippen LogP contribution in [0.15, 0.2) is 53.4 Å². The first-order chi connectivity index (χ1) is 15.2. The van der Waals surface area contributed by atoms with Gasteiger partial charge in [0.05, 0.1) is 4.90 Å². The Morgan fingerprint density at radius 2 is 1.72 bits per heavy atom. The largest absolute Gasteiger partial charge is 0.456 e. The van der Waals surface area contributed by atoms with Gasteiger partial charge in [-0.05, 0) is 56.2 Å². The van der Waals surface area contributed by atoms with Crippen molar-refractivity contribution in [3.05, 3.63) is 59.7 Å². The third-order valence-corrected chi connectivity index (χ3v) is 7.18.